The van der Waals surface area contributed by atoms with Crippen molar-refractivity contribution < 1.29 is 33.3 Å². The molecule has 1 saturated heterocycles. The normalized spacial score (nSPS) is 18.6. The molecule has 1 aromatic heterocycles. The largest absolute Gasteiger partial charge is 0.465 e. The summed E-state index contributed by atoms with van der Waals surface area (Å²) in [5.74, 6) is 0.768. The topological polar surface area (TPSA) is 132 Å². The first kappa shape index (κ1) is 35.9. The number of nitrogens with one attached hydrogen (secondary N) is 2. The first-order chi connectivity index (χ1) is 24.9. The van der Waals surface area contributed by atoms with E-state index in [9.17, 15) is 14.7 Å². The number of oxazole rings is 1. The van der Waals surface area contributed by atoms with Crippen molar-refractivity contribution in [2.45, 2.75) is 50.7 Å². The molecule has 1 aliphatic heterocycles. The number of nitrogens with zero attached hydrogens (tertiary/aromatic N) is 1. The summed E-state index contributed by atoms with van der Waals surface area (Å²) in [6, 6.07) is 35.0. The first-order valence-corrected chi connectivity index (χ1v) is 17.9. The number of aromatic nitrogens is 1. The van der Waals surface area contributed by atoms with Gasteiger partial charge in [0, 0.05) is 34.9 Å². The second-order valence-corrected chi connectivity index (χ2v) is 13.1. The number of thioether (sulfide) groups is 1. The average Bonchev–Trinajstić information content (AvgIpc) is 3.61. The number of amides is 2. The van der Waals surface area contributed by atoms with Gasteiger partial charge >= 0.3 is 12.0 Å². The Morgan fingerprint density at radius 2 is 1.47 bits per heavy atom. The molecule has 0 unspecified atom stereocenters. The van der Waals surface area contributed by atoms with E-state index in [2.05, 4.69) is 17.6 Å². The zero-order chi connectivity index (χ0) is 35.6. The van der Waals surface area contributed by atoms with Gasteiger partial charge in [-0.1, -0.05) is 128 Å². The van der Waals surface area contributed by atoms with Crippen LogP contribution in [0.15, 0.2) is 119 Å². The van der Waals surface area contributed by atoms with Crippen molar-refractivity contribution in [2.24, 2.45) is 5.92 Å². The van der Waals surface area contributed by atoms with Crippen molar-refractivity contribution in [3.05, 3.63) is 131 Å². The molecule has 4 atom stereocenters. The van der Waals surface area contributed by atoms with Gasteiger partial charge in [-0.15, -0.1) is 0 Å². The highest BCUT2D eigenvalue weighted by Crippen LogP contribution is 2.44. The lowest BCUT2D eigenvalue weighted by Crippen LogP contribution is -2.39. The van der Waals surface area contributed by atoms with Gasteiger partial charge in [0.2, 0.25) is 0 Å². The Hall–Kier alpha value is -4.94. The zero-order valence-electron chi connectivity index (χ0n) is 28.5. The Kier molecular flexibility index (Phi) is 12.2. The molecule has 0 aliphatic carbocycles. The van der Waals surface area contributed by atoms with Crippen LogP contribution in [-0.2, 0) is 32.2 Å². The van der Waals surface area contributed by atoms with Crippen LogP contribution in [0.2, 0.25) is 0 Å². The van der Waals surface area contributed by atoms with Crippen molar-refractivity contribution in [1.82, 2.24) is 15.6 Å². The maximum absolute atomic E-state index is 12.1. The Labute approximate surface area is 301 Å². The van der Waals surface area contributed by atoms with Crippen LogP contribution in [0.25, 0.3) is 22.6 Å². The molecule has 0 spiro atoms. The standard InChI is InChI=1S/C40H41N3O7S/c1-3-47-34(45)23-42-39(46)41-22-27-14-20-32(21-15-27)38-48-33(26(2)36(49-38)31-18-16-28(24-44)17-19-31)25-51-40-43-35(29-10-6-4-7-11-29)37(50-40)30-12-8-5-9-13-30/h4-21,26,33,36,38,44H,3,22-25H2,1-2H3,(H2,41,42,46)/t26-,33+,36+,38+/m0/s1. The molecule has 3 N–H and O–H groups in total. The second-order valence-electron chi connectivity index (χ2n) is 12.1. The first-order valence-electron chi connectivity index (χ1n) is 16.9. The number of hydrogen-bond donors (Lipinski definition) is 3. The van der Waals surface area contributed by atoms with Gasteiger partial charge in [-0.3, -0.25) is 4.79 Å². The van der Waals surface area contributed by atoms with Gasteiger partial charge in [0.05, 0.1) is 25.4 Å². The summed E-state index contributed by atoms with van der Waals surface area (Å²) in [5, 5.41) is 15.4. The third-order valence-corrected chi connectivity index (χ3v) is 9.51. The minimum Gasteiger partial charge on any atom is -0.465 e. The van der Waals surface area contributed by atoms with E-state index < -0.39 is 18.3 Å². The van der Waals surface area contributed by atoms with Gasteiger partial charge in [-0.25, -0.2) is 9.78 Å². The maximum Gasteiger partial charge on any atom is 0.325 e. The molecule has 5 aromatic rings. The number of urea groups is 1. The van der Waals surface area contributed by atoms with Crippen LogP contribution in [-0.4, -0.2) is 47.1 Å². The molecular formula is C40H41N3O7S. The maximum atomic E-state index is 12.1. The van der Waals surface area contributed by atoms with Crippen LogP contribution in [0.1, 0.15) is 48.5 Å². The summed E-state index contributed by atoms with van der Waals surface area (Å²) in [6.07, 6.45) is -1.17. The number of rotatable bonds is 13. The lowest BCUT2D eigenvalue weighted by atomic mass is 9.91. The van der Waals surface area contributed by atoms with Crippen molar-refractivity contribution in [3.63, 3.8) is 0 Å². The van der Waals surface area contributed by atoms with Crippen LogP contribution in [0, 0.1) is 5.92 Å². The number of benzene rings is 4. The molecule has 0 bridgehead atoms. The number of hydrogen-bond acceptors (Lipinski definition) is 9. The summed E-state index contributed by atoms with van der Waals surface area (Å²) in [5.41, 5.74) is 6.23. The molecular weight excluding hydrogens is 667 g/mol. The number of carbonyl (C=O) groups is 2. The fourth-order valence-corrected chi connectivity index (χ4v) is 6.79. The highest BCUT2D eigenvalue weighted by molar-refractivity contribution is 7.99. The van der Waals surface area contributed by atoms with E-state index in [1.807, 2.05) is 109 Å². The van der Waals surface area contributed by atoms with Crippen LogP contribution < -0.4 is 10.6 Å². The summed E-state index contributed by atoms with van der Waals surface area (Å²) in [6.45, 7) is 4.12. The number of carbonyl (C=O) groups excluding carboxylic acids is 2. The van der Waals surface area contributed by atoms with E-state index in [1.165, 1.54) is 11.8 Å². The lowest BCUT2D eigenvalue weighted by Gasteiger charge is -2.41. The summed E-state index contributed by atoms with van der Waals surface area (Å²) in [7, 11) is 0. The van der Waals surface area contributed by atoms with Crippen LogP contribution in [0.3, 0.4) is 0 Å². The molecule has 2 amide bonds. The lowest BCUT2D eigenvalue weighted by molar-refractivity contribution is -0.268. The van der Waals surface area contributed by atoms with E-state index in [1.54, 1.807) is 6.92 Å². The van der Waals surface area contributed by atoms with Crippen LogP contribution in [0.4, 0.5) is 4.79 Å². The number of aliphatic hydroxyl groups is 1. The predicted octanol–water partition coefficient (Wildman–Crippen LogP) is 7.45. The average molecular weight is 708 g/mol. The van der Waals surface area contributed by atoms with Crippen LogP contribution >= 0.6 is 11.8 Å². The van der Waals surface area contributed by atoms with E-state index in [-0.39, 0.29) is 44.4 Å². The van der Waals surface area contributed by atoms with Crippen molar-refractivity contribution in [1.29, 1.82) is 0 Å². The quantitative estimate of drug-likeness (QED) is 0.0844. The predicted molar refractivity (Wildman–Crippen MR) is 194 cm³/mol. The van der Waals surface area contributed by atoms with Crippen molar-refractivity contribution in [2.75, 3.05) is 18.9 Å². The molecule has 6 rings (SSSR count). The second kappa shape index (κ2) is 17.3. The molecule has 4 aromatic carbocycles. The molecule has 1 fully saturated rings. The van der Waals surface area contributed by atoms with Gasteiger partial charge in [0.1, 0.15) is 12.2 Å². The molecule has 2 heterocycles. The monoisotopic (exact) mass is 707 g/mol. The third-order valence-electron chi connectivity index (χ3n) is 8.59. The molecule has 264 valence electrons. The zero-order valence-corrected chi connectivity index (χ0v) is 29.3. The van der Waals surface area contributed by atoms with E-state index >= 15 is 0 Å². The number of esters is 1. The fourth-order valence-electron chi connectivity index (χ4n) is 5.80. The highest BCUT2D eigenvalue weighted by Gasteiger charge is 2.38. The van der Waals surface area contributed by atoms with Crippen molar-refractivity contribution >= 4 is 23.8 Å². The van der Waals surface area contributed by atoms with Gasteiger partial charge < -0.3 is 34.4 Å². The molecule has 0 saturated carbocycles. The molecule has 0 radical (unpaired) electrons. The number of ether oxygens (including phenoxy) is 3. The summed E-state index contributed by atoms with van der Waals surface area (Å²) < 4.78 is 24.5. The van der Waals surface area contributed by atoms with E-state index in [0.717, 1.165) is 44.8 Å². The molecule has 10 nitrogen and oxygen atoms in total. The van der Waals surface area contributed by atoms with Gasteiger partial charge in [0.15, 0.2) is 12.1 Å². The Morgan fingerprint density at radius 3 is 2.14 bits per heavy atom. The van der Waals surface area contributed by atoms with Gasteiger partial charge in [-0.05, 0) is 23.6 Å². The number of aliphatic hydroxyl groups excluding tert-OH is 1. The van der Waals surface area contributed by atoms with E-state index in [0.29, 0.717) is 11.0 Å². The Bertz CT molecular complexity index is 1810. The van der Waals surface area contributed by atoms with Gasteiger partial charge in [-0.2, -0.15) is 0 Å². The minimum absolute atomic E-state index is 0.0255. The Balaban J connectivity index is 1.18. The third kappa shape index (κ3) is 9.25. The molecule has 51 heavy (non-hydrogen) atoms. The minimum atomic E-state index is -0.659. The smallest absolute Gasteiger partial charge is 0.325 e. The highest BCUT2D eigenvalue weighted by atomic mass is 32.2. The molecule has 1 aliphatic rings. The summed E-state index contributed by atoms with van der Waals surface area (Å²) >= 11 is 1.51. The Morgan fingerprint density at radius 1 is 0.824 bits per heavy atom. The van der Waals surface area contributed by atoms with E-state index in [4.69, 9.17) is 23.6 Å². The van der Waals surface area contributed by atoms with Crippen LogP contribution in [0.5, 0.6) is 0 Å². The fraction of sp³-hybridized carbons (Fsp3) is 0.275. The van der Waals surface area contributed by atoms with Crippen molar-refractivity contribution in [3.8, 4) is 22.6 Å². The summed E-state index contributed by atoms with van der Waals surface area (Å²) in [4.78, 5) is 28.6. The van der Waals surface area contributed by atoms with Gasteiger partial charge in [0.25, 0.3) is 5.22 Å². The SMILES string of the molecule is CCOC(=O)CNC(=O)NCc1ccc([C@@H]2O[C@H](CSc3nc(-c4ccccc4)c(-c4ccccc4)o3)[C@H](C)[C@H](c3ccc(CO)cc3)O2)cc1. The molecule has 11 heteroatoms.